The Bertz CT molecular complexity index is 584. The number of nitrogens with zero attached hydrogens (tertiary/aromatic N) is 3. The van der Waals surface area contributed by atoms with E-state index in [0.29, 0.717) is 24.9 Å². The summed E-state index contributed by atoms with van der Waals surface area (Å²) in [6, 6.07) is 2.17. The molecule has 1 atom stereocenters. The van der Waals surface area contributed by atoms with Crippen molar-refractivity contribution in [1.29, 1.82) is 0 Å². The lowest BCUT2D eigenvalue weighted by Crippen LogP contribution is -2.51. The quantitative estimate of drug-likeness (QED) is 0.718. The van der Waals surface area contributed by atoms with Gasteiger partial charge in [0, 0.05) is 45.5 Å². The minimum absolute atomic E-state index is 0.0231. The van der Waals surface area contributed by atoms with Gasteiger partial charge in [0.25, 0.3) is 5.91 Å². The van der Waals surface area contributed by atoms with Crippen molar-refractivity contribution >= 4 is 11.8 Å². The molecule has 1 aromatic heterocycles. The number of carbonyl (C=O) groups is 2. The normalized spacial score (nSPS) is 22.3. The molecule has 2 saturated heterocycles. The van der Waals surface area contributed by atoms with Gasteiger partial charge in [0.15, 0.2) is 0 Å². The maximum atomic E-state index is 12.4. The number of nitrogens with one attached hydrogen (secondary N) is 2. The molecule has 0 saturated carbocycles. The first-order chi connectivity index (χ1) is 12.7. The van der Waals surface area contributed by atoms with E-state index in [1.807, 2.05) is 4.90 Å². The third-order valence-electron chi connectivity index (χ3n) is 5.43. The van der Waals surface area contributed by atoms with E-state index in [1.165, 1.54) is 0 Å². The van der Waals surface area contributed by atoms with Crippen LogP contribution in [-0.4, -0.2) is 84.3 Å². The minimum atomic E-state index is 0.0231. The lowest BCUT2D eigenvalue weighted by molar-refractivity contribution is -0.127. The SMILES string of the molecule is COCCNC(=O)[C@@H]1CCCN(C2CCN(C(=O)c3ccn[nH]3)CC2)C1. The Morgan fingerprint density at radius 3 is 2.81 bits per heavy atom. The fourth-order valence-electron chi connectivity index (χ4n) is 3.95. The van der Waals surface area contributed by atoms with Gasteiger partial charge in [-0.1, -0.05) is 0 Å². The van der Waals surface area contributed by atoms with Crippen molar-refractivity contribution in [3.8, 4) is 0 Å². The molecular formula is C18H29N5O3. The topological polar surface area (TPSA) is 90.6 Å². The molecule has 2 aliphatic heterocycles. The van der Waals surface area contributed by atoms with Gasteiger partial charge in [-0.05, 0) is 38.3 Å². The van der Waals surface area contributed by atoms with E-state index >= 15 is 0 Å². The van der Waals surface area contributed by atoms with Gasteiger partial charge in [0.1, 0.15) is 5.69 Å². The van der Waals surface area contributed by atoms with Crippen LogP contribution in [0.2, 0.25) is 0 Å². The van der Waals surface area contributed by atoms with Crippen molar-refractivity contribution in [2.45, 2.75) is 31.7 Å². The number of rotatable bonds is 6. The molecular weight excluding hydrogens is 334 g/mol. The zero-order valence-corrected chi connectivity index (χ0v) is 15.4. The molecule has 2 N–H and O–H groups in total. The first-order valence-corrected chi connectivity index (χ1v) is 9.48. The third-order valence-corrected chi connectivity index (χ3v) is 5.43. The van der Waals surface area contributed by atoms with Crippen LogP contribution in [0.1, 0.15) is 36.2 Å². The van der Waals surface area contributed by atoms with E-state index in [2.05, 4.69) is 20.4 Å². The van der Waals surface area contributed by atoms with Crippen LogP contribution in [0.15, 0.2) is 12.3 Å². The predicted octanol–water partition coefficient (Wildman–Crippen LogP) is 0.489. The van der Waals surface area contributed by atoms with Crippen molar-refractivity contribution in [2.24, 2.45) is 5.92 Å². The van der Waals surface area contributed by atoms with Gasteiger partial charge in [-0.25, -0.2) is 0 Å². The number of likely N-dealkylation sites (tertiary alicyclic amines) is 2. The summed E-state index contributed by atoms with van der Waals surface area (Å²) in [6.07, 6.45) is 5.52. The van der Waals surface area contributed by atoms with Crippen molar-refractivity contribution < 1.29 is 14.3 Å². The van der Waals surface area contributed by atoms with Gasteiger partial charge in [0.05, 0.1) is 12.5 Å². The summed E-state index contributed by atoms with van der Waals surface area (Å²) >= 11 is 0. The van der Waals surface area contributed by atoms with Crippen LogP contribution in [0.4, 0.5) is 0 Å². The highest BCUT2D eigenvalue weighted by Crippen LogP contribution is 2.24. The molecule has 0 spiro atoms. The largest absolute Gasteiger partial charge is 0.383 e. The van der Waals surface area contributed by atoms with Crippen LogP contribution < -0.4 is 5.32 Å². The summed E-state index contributed by atoms with van der Waals surface area (Å²) in [6.45, 7) is 4.48. The molecule has 0 aromatic carbocycles. The smallest absolute Gasteiger partial charge is 0.271 e. The zero-order valence-electron chi connectivity index (χ0n) is 15.4. The van der Waals surface area contributed by atoms with Gasteiger partial charge in [0.2, 0.25) is 5.91 Å². The molecule has 8 nitrogen and oxygen atoms in total. The van der Waals surface area contributed by atoms with Crippen molar-refractivity contribution in [2.75, 3.05) is 46.4 Å². The van der Waals surface area contributed by atoms with E-state index < -0.39 is 0 Å². The van der Waals surface area contributed by atoms with Crippen LogP contribution in [0, 0.1) is 5.92 Å². The Balaban J connectivity index is 1.46. The molecule has 0 radical (unpaired) electrons. The van der Waals surface area contributed by atoms with Crippen LogP contribution in [0.5, 0.6) is 0 Å². The zero-order chi connectivity index (χ0) is 18.4. The molecule has 0 aliphatic carbocycles. The van der Waals surface area contributed by atoms with Gasteiger partial charge in [-0.3, -0.25) is 19.6 Å². The highest BCUT2D eigenvalue weighted by molar-refractivity contribution is 5.92. The van der Waals surface area contributed by atoms with Gasteiger partial charge >= 0.3 is 0 Å². The molecule has 2 aliphatic rings. The number of methoxy groups -OCH3 is 1. The van der Waals surface area contributed by atoms with E-state index in [-0.39, 0.29) is 17.7 Å². The maximum absolute atomic E-state index is 12.4. The summed E-state index contributed by atoms with van der Waals surface area (Å²) in [5.41, 5.74) is 0.550. The number of ether oxygens (including phenoxy) is 1. The average molecular weight is 363 g/mol. The van der Waals surface area contributed by atoms with Gasteiger partial charge in [-0.15, -0.1) is 0 Å². The molecule has 26 heavy (non-hydrogen) atoms. The lowest BCUT2D eigenvalue weighted by atomic mass is 9.93. The fourth-order valence-corrected chi connectivity index (χ4v) is 3.95. The molecule has 0 bridgehead atoms. The molecule has 144 valence electrons. The summed E-state index contributed by atoms with van der Waals surface area (Å²) < 4.78 is 4.99. The highest BCUT2D eigenvalue weighted by atomic mass is 16.5. The number of hydrogen-bond donors (Lipinski definition) is 2. The Kier molecular flexibility index (Phi) is 6.62. The van der Waals surface area contributed by atoms with Crippen molar-refractivity contribution in [3.63, 3.8) is 0 Å². The van der Waals surface area contributed by atoms with Crippen LogP contribution >= 0.6 is 0 Å². The summed E-state index contributed by atoms with van der Waals surface area (Å²) in [5, 5.41) is 9.56. The van der Waals surface area contributed by atoms with Gasteiger partial charge in [-0.2, -0.15) is 5.10 Å². The number of aromatic amines is 1. The van der Waals surface area contributed by atoms with E-state index in [9.17, 15) is 9.59 Å². The number of piperidine rings is 2. The average Bonchev–Trinajstić information content (AvgIpc) is 3.22. The first kappa shape index (κ1) is 18.8. The molecule has 3 rings (SSSR count). The minimum Gasteiger partial charge on any atom is -0.383 e. The second-order valence-electron chi connectivity index (χ2n) is 7.11. The molecule has 8 heteroatoms. The van der Waals surface area contributed by atoms with E-state index in [4.69, 9.17) is 4.74 Å². The summed E-state index contributed by atoms with van der Waals surface area (Å²) in [7, 11) is 1.64. The number of aromatic nitrogens is 2. The Hall–Kier alpha value is -1.93. The predicted molar refractivity (Wildman–Crippen MR) is 96.7 cm³/mol. The Labute approximate surface area is 154 Å². The highest BCUT2D eigenvalue weighted by Gasteiger charge is 2.32. The summed E-state index contributed by atoms with van der Waals surface area (Å²) in [4.78, 5) is 29.0. The first-order valence-electron chi connectivity index (χ1n) is 9.48. The Morgan fingerprint density at radius 2 is 2.12 bits per heavy atom. The van der Waals surface area contributed by atoms with Crippen molar-refractivity contribution in [1.82, 2.24) is 25.3 Å². The molecule has 2 fully saturated rings. The van der Waals surface area contributed by atoms with Gasteiger partial charge < -0.3 is 15.0 Å². The molecule has 0 unspecified atom stereocenters. The second kappa shape index (κ2) is 9.14. The summed E-state index contributed by atoms with van der Waals surface area (Å²) in [5.74, 6) is 0.221. The monoisotopic (exact) mass is 363 g/mol. The Morgan fingerprint density at radius 1 is 1.31 bits per heavy atom. The number of amides is 2. The second-order valence-corrected chi connectivity index (χ2v) is 7.11. The number of carbonyl (C=O) groups excluding carboxylic acids is 2. The van der Waals surface area contributed by atoms with Crippen LogP contribution in [0.3, 0.4) is 0 Å². The third kappa shape index (κ3) is 4.62. The maximum Gasteiger partial charge on any atom is 0.271 e. The molecule has 1 aromatic rings. The van der Waals surface area contributed by atoms with E-state index in [0.717, 1.165) is 51.9 Å². The number of H-pyrrole nitrogens is 1. The molecule has 2 amide bonds. The van der Waals surface area contributed by atoms with E-state index in [1.54, 1.807) is 19.4 Å². The fraction of sp³-hybridized carbons (Fsp3) is 0.722. The van der Waals surface area contributed by atoms with Crippen LogP contribution in [0.25, 0.3) is 0 Å². The van der Waals surface area contributed by atoms with Crippen LogP contribution in [-0.2, 0) is 9.53 Å². The lowest BCUT2D eigenvalue weighted by Gasteiger charge is -2.42. The standard InChI is InChI=1S/C18H29N5O3/c1-26-12-8-19-17(24)14-3-2-9-23(13-14)15-5-10-22(11-6-15)18(25)16-4-7-20-21-16/h4,7,14-15H,2-3,5-6,8-13H2,1H3,(H,19,24)(H,20,21)/t14-/m1/s1. The molecule has 3 heterocycles. The van der Waals surface area contributed by atoms with Crippen molar-refractivity contribution in [3.05, 3.63) is 18.0 Å². The number of hydrogen-bond acceptors (Lipinski definition) is 5.